The van der Waals surface area contributed by atoms with Crippen molar-refractivity contribution < 1.29 is 18.3 Å². The SMILES string of the molecule is OCC(NCc1ncccc1C(F)(F)F)c1ccccc1. The maximum Gasteiger partial charge on any atom is 0.418 e. The highest BCUT2D eigenvalue weighted by molar-refractivity contribution is 5.24. The zero-order valence-electron chi connectivity index (χ0n) is 11.1. The van der Waals surface area contributed by atoms with Crippen molar-refractivity contribution in [3.63, 3.8) is 0 Å². The van der Waals surface area contributed by atoms with Gasteiger partial charge in [0.25, 0.3) is 0 Å². The van der Waals surface area contributed by atoms with E-state index in [2.05, 4.69) is 10.3 Å². The monoisotopic (exact) mass is 296 g/mol. The molecule has 21 heavy (non-hydrogen) atoms. The number of aliphatic hydroxyl groups excluding tert-OH is 1. The van der Waals surface area contributed by atoms with Crippen molar-refractivity contribution in [2.75, 3.05) is 6.61 Å². The number of hydrogen-bond donors (Lipinski definition) is 2. The molecule has 2 aromatic rings. The summed E-state index contributed by atoms with van der Waals surface area (Å²) < 4.78 is 38.6. The molecule has 0 saturated heterocycles. The quantitative estimate of drug-likeness (QED) is 0.891. The van der Waals surface area contributed by atoms with Crippen molar-refractivity contribution in [1.29, 1.82) is 0 Å². The summed E-state index contributed by atoms with van der Waals surface area (Å²) >= 11 is 0. The Balaban J connectivity index is 2.13. The Morgan fingerprint density at radius 1 is 1.10 bits per heavy atom. The van der Waals surface area contributed by atoms with Crippen molar-refractivity contribution in [2.45, 2.75) is 18.8 Å². The largest absolute Gasteiger partial charge is 0.418 e. The lowest BCUT2D eigenvalue weighted by molar-refractivity contribution is -0.138. The molecule has 0 spiro atoms. The van der Waals surface area contributed by atoms with E-state index in [1.54, 1.807) is 12.1 Å². The molecule has 1 aromatic heterocycles. The van der Waals surface area contributed by atoms with Crippen LogP contribution in [0.25, 0.3) is 0 Å². The predicted molar refractivity (Wildman–Crippen MR) is 72.3 cm³/mol. The third kappa shape index (κ3) is 4.03. The van der Waals surface area contributed by atoms with E-state index < -0.39 is 17.8 Å². The van der Waals surface area contributed by atoms with Gasteiger partial charge in [0.05, 0.1) is 23.9 Å². The number of alkyl halides is 3. The van der Waals surface area contributed by atoms with E-state index in [0.29, 0.717) is 0 Å². The Labute approximate surface area is 120 Å². The van der Waals surface area contributed by atoms with Gasteiger partial charge in [0.2, 0.25) is 0 Å². The van der Waals surface area contributed by atoms with E-state index >= 15 is 0 Å². The van der Waals surface area contributed by atoms with Crippen LogP contribution in [0.4, 0.5) is 13.2 Å². The summed E-state index contributed by atoms with van der Waals surface area (Å²) in [5.74, 6) is 0. The van der Waals surface area contributed by atoms with E-state index in [1.165, 1.54) is 12.3 Å². The number of aliphatic hydroxyl groups is 1. The van der Waals surface area contributed by atoms with Crippen LogP contribution in [0.3, 0.4) is 0 Å². The summed E-state index contributed by atoms with van der Waals surface area (Å²) in [5.41, 5.74) is -0.0360. The number of pyridine rings is 1. The van der Waals surface area contributed by atoms with E-state index in [4.69, 9.17) is 0 Å². The summed E-state index contributed by atoms with van der Waals surface area (Å²) in [6.07, 6.45) is -3.12. The maximum absolute atomic E-state index is 12.9. The van der Waals surface area contributed by atoms with Crippen LogP contribution in [0.1, 0.15) is 22.9 Å². The summed E-state index contributed by atoms with van der Waals surface area (Å²) in [4.78, 5) is 3.78. The van der Waals surface area contributed by atoms with Crippen LogP contribution in [-0.4, -0.2) is 16.7 Å². The first kappa shape index (κ1) is 15.5. The topological polar surface area (TPSA) is 45.1 Å². The fourth-order valence-electron chi connectivity index (χ4n) is 2.03. The highest BCUT2D eigenvalue weighted by Gasteiger charge is 2.33. The zero-order chi connectivity index (χ0) is 15.3. The summed E-state index contributed by atoms with van der Waals surface area (Å²) in [5, 5.41) is 12.3. The van der Waals surface area contributed by atoms with Gasteiger partial charge in [0.1, 0.15) is 0 Å². The second-order valence-electron chi connectivity index (χ2n) is 4.52. The molecule has 112 valence electrons. The Hall–Kier alpha value is -1.92. The van der Waals surface area contributed by atoms with Gasteiger partial charge in [-0.25, -0.2) is 0 Å². The molecule has 2 rings (SSSR count). The number of halogens is 3. The van der Waals surface area contributed by atoms with E-state index in [9.17, 15) is 18.3 Å². The van der Waals surface area contributed by atoms with Crippen molar-refractivity contribution >= 4 is 0 Å². The second-order valence-corrected chi connectivity index (χ2v) is 4.52. The molecular formula is C15H15F3N2O. The molecule has 1 unspecified atom stereocenters. The van der Waals surface area contributed by atoms with Gasteiger partial charge in [-0.1, -0.05) is 30.3 Å². The van der Waals surface area contributed by atoms with Crippen LogP contribution >= 0.6 is 0 Å². The zero-order valence-corrected chi connectivity index (χ0v) is 11.1. The average Bonchev–Trinajstić information content (AvgIpc) is 2.48. The molecule has 6 heteroatoms. The van der Waals surface area contributed by atoms with Crippen LogP contribution in [-0.2, 0) is 12.7 Å². The van der Waals surface area contributed by atoms with Crippen LogP contribution in [0, 0.1) is 0 Å². The molecule has 1 atom stereocenters. The van der Waals surface area contributed by atoms with E-state index in [0.717, 1.165) is 11.6 Å². The first-order valence-electron chi connectivity index (χ1n) is 6.42. The Morgan fingerprint density at radius 2 is 1.81 bits per heavy atom. The molecular weight excluding hydrogens is 281 g/mol. The summed E-state index contributed by atoms with van der Waals surface area (Å²) in [6, 6.07) is 10.9. The summed E-state index contributed by atoms with van der Waals surface area (Å²) in [7, 11) is 0. The molecule has 0 aliphatic rings. The molecule has 0 bridgehead atoms. The molecule has 2 N–H and O–H groups in total. The smallest absolute Gasteiger partial charge is 0.394 e. The number of nitrogens with zero attached hydrogens (tertiary/aromatic N) is 1. The molecule has 0 radical (unpaired) electrons. The summed E-state index contributed by atoms with van der Waals surface area (Å²) in [6.45, 7) is -0.284. The van der Waals surface area contributed by atoms with Crippen molar-refractivity contribution in [1.82, 2.24) is 10.3 Å². The normalized spacial score (nSPS) is 13.1. The van der Waals surface area contributed by atoms with Gasteiger partial charge in [-0.15, -0.1) is 0 Å². The van der Waals surface area contributed by atoms with Gasteiger partial charge in [-0.2, -0.15) is 13.2 Å². The Morgan fingerprint density at radius 3 is 2.43 bits per heavy atom. The third-order valence-corrected chi connectivity index (χ3v) is 3.10. The molecule has 0 aliphatic heterocycles. The number of rotatable bonds is 5. The lowest BCUT2D eigenvalue weighted by atomic mass is 10.1. The van der Waals surface area contributed by atoms with E-state index in [1.807, 2.05) is 18.2 Å². The minimum absolute atomic E-state index is 0.0736. The van der Waals surface area contributed by atoms with Crippen LogP contribution in [0.5, 0.6) is 0 Å². The average molecular weight is 296 g/mol. The second kappa shape index (κ2) is 6.69. The van der Waals surface area contributed by atoms with Gasteiger partial charge in [-0.05, 0) is 17.7 Å². The number of hydrogen-bond acceptors (Lipinski definition) is 3. The highest BCUT2D eigenvalue weighted by atomic mass is 19.4. The molecule has 0 fully saturated rings. The minimum atomic E-state index is -4.44. The Bertz CT molecular complexity index is 573. The molecule has 3 nitrogen and oxygen atoms in total. The molecule has 0 saturated carbocycles. The van der Waals surface area contributed by atoms with E-state index in [-0.39, 0.29) is 18.8 Å². The predicted octanol–water partition coefficient (Wildman–Crippen LogP) is 2.92. The first-order chi connectivity index (χ1) is 10.0. The number of nitrogens with one attached hydrogen (secondary N) is 1. The van der Waals surface area contributed by atoms with Crippen molar-refractivity contribution in [3.8, 4) is 0 Å². The fourth-order valence-corrected chi connectivity index (χ4v) is 2.03. The molecule has 1 aromatic carbocycles. The molecule has 0 amide bonds. The standard InChI is InChI=1S/C15H15F3N2O/c16-15(17,18)12-7-4-8-19-13(12)9-20-14(10-21)11-5-2-1-3-6-11/h1-8,14,20-21H,9-10H2. The minimum Gasteiger partial charge on any atom is -0.394 e. The van der Waals surface area contributed by atoms with Crippen molar-refractivity contribution in [2.24, 2.45) is 0 Å². The van der Waals surface area contributed by atoms with Crippen LogP contribution in [0.2, 0.25) is 0 Å². The van der Waals surface area contributed by atoms with Crippen LogP contribution in [0.15, 0.2) is 48.7 Å². The first-order valence-corrected chi connectivity index (χ1v) is 6.42. The molecule has 0 aliphatic carbocycles. The van der Waals surface area contributed by atoms with Gasteiger partial charge < -0.3 is 10.4 Å². The Kier molecular flexibility index (Phi) is 4.93. The third-order valence-electron chi connectivity index (χ3n) is 3.10. The van der Waals surface area contributed by atoms with Gasteiger partial charge >= 0.3 is 6.18 Å². The van der Waals surface area contributed by atoms with Crippen LogP contribution < -0.4 is 5.32 Å². The molecule has 1 heterocycles. The lowest BCUT2D eigenvalue weighted by Crippen LogP contribution is -2.26. The fraction of sp³-hybridized carbons (Fsp3) is 0.267. The van der Waals surface area contributed by atoms with Gasteiger partial charge in [0, 0.05) is 12.7 Å². The number of aromatic nitrogens is 1. The number of benzene rings is 1. The van der Waals surface area contributed by atoms with Gasteiger partial charge in [0.15, 0.2) is 0 Å². The lowest BCUT2D eigenvalue weighted by Gasteiger charge is -2.18. The van der Waals surface area contributed by atoms with Gasteiger partial charge in [-0.3, -0.25) is 4.98 Å². The maximum atomic E-state index is 12.9. The highest BCUT2D eigenvalue weighted by Crippen LogP contribution is 2.31. The van der Waals surface area contributed by atoms with Crippen molar-refractivity contribution in [3.05, 3.63) is 65.5 Å².